The van der Waals surface area contributed by atoms with Gasteiger partial charge < -0.3 is 0 Å². The van der Waals surface area contributed by atoms with E-state index in [0.717, 1.165) is 0 Å². The fourth-order valence-corrected chi connectivity index (χ4v) is 2.18. The average Bonchev–Trinajstić information content (AvgIpc) is 3.12. The summed E-state index contributed by atoms with van der Waals surface area (Å²) in [4.78, 5) is 8.46. The molecule has 120 valence electrons. The molecule has 3 heterocycles. The van der Waals surface area contributed by atoms with Gasteiger partial charge in [0.2, 0.25) is 0 Å². The fourth-order valence-electron chi connectivity index (χ4n) is 2.18. The zero-order chi connectivity index (χ0) is 16.4. The topological polar surface area (TPSA) is 61.4 Å². The summed E-state index contributed by atoms with van der Waals surface area (Å²) in [5.74, 6) is 0.569. The number of aryl methyl sites for hydroxylation is 2. The van der Waals surface area contributed by atoms with Gasteiger partial charge in [-0.2, -0.15) is 5.10 Å². The highest BCUT2D eigenvalue weighted by Gasteiger charge is 2.20. The summed E-state index contributed by atoms with van der Waals surface area (Å²) >= 11 is 0. The van der Waals surface area contributed by atoms with Gasteiger partial charge in [-0.15, -0.1) is 5.10 Å². The Morgan fingerprint density at radius 1 is 1.22 bits per heavy atom. The first-order valence-corrected chi connectivity index (χ1v) is 6.85. The van der Waals surface area contributed by atoms with E-state index < -0.39 is 13.1 Å². The van der Waals surface area contributed by atoms with Crippen LogP contribution in [0.15, 0.2) is 30.5 Å². The van der Waals surface area contributed by atoms with E-state index >= 15 is 0 Å². The molecule has 3 aromatic heterocycles. The highest BCUT2D eigenvalue weighted by atomic mass is 19.3. The average molecular weight is 322 g/mol. The maximum atomic E-state index is 12.8. The van der Waals surface area contributed by atoms with Crippen molar-refractivity contribution in [1.82, 2.24) is 29.5 Å². The minimum Gasteiger partial charge on any atom is -0.264 e. The molecule has 0 aliphatic rings. The van der Waals surface area contributed by atoms with Gasteiger partial charge in [0.15, 0.2) is 11.6 Å². The van der Waals surface area contributed by atoms with Crippen LogP contribution in [0.5, 0.6) is 0 Å². The molecule has 0 unspecified atom stereocenters. The van der Waals surface area contributed by atoms with Crippen LogP contribution in [0.2, 0.25) is 0 Å². The zero-order valence-electron chi connectivity index (χ0n) is 12.2. The Bertz CT molecular complexity index is 796. The summed E-state index contributed by atoms with van der Waals surface area (Å²) in [6.07, 6.45) is -1.10. The van der Waals surface area contributed by atoms with Crippen molar-refractivity contribution in [3.05, 3.63) is 36.2 Å². The molecule has 0 amide bonds. The number of nitrogens with zero attached hydrogens (tertiary/aromatic N) is 6. The van der Waals surface area contributed by atoms with Crippen LogP contribution in [0.4, 0.5) is 13.2 Å². The molecule has 0 fully saturated rings. The summed E-state index contributed by atoms with van der Waals surface area (Å²) in [6, 6.07) is 6.47. The van der Waals surface area contributed by atoms with Crippen molar-refractivity contribution in [3.63, 3.8) is 0 Å². The number of halogens is 3. The first-order chi connectivity index (χ1) is 11.1. The Labute approximate surface area is 129 Å². The number of hydrogen-bond acceptors (Lipinski definition) is 4. The van der Waals surface area contributed by atoms with E-state index in [1.165, 1.54) is 22.5 Å². The quantitative estimate of drug-likeness (QED) is 0.724. The van der Waals surface area contributed by atoms with E-state index in [9.17, 15) is 13.2 Å². The van der Waals surface area contributed by atoms with Gasteiger partial charge in [0.25, 0.3) is 6.43 Å². The molecular formula is C14H13F3N6. The molecule has 0 spiro atoms. The van der Waals surface area contributed by atoms with Crippen molar-refractivity contribution in [3.8, 4) is 23.0 Å². The number of hydrogen-bond donors (Lipinski definition) is 0. The largest absolute Gasteiger partial charge is 0.282 e. The van der Waals surface area contributed by atoms with Crippen molar-refractivity contribution in [2.45, 2.75) is 13.0 Å². The van der Waals surface area contributed by atoms with Crippen LogP contribution in [0.3, 0.4) is 0 Å². The van der Waals surface area contributed by atoms with E-state index in [4.69, 9.17) is 0 Å². The predicted molar refractivity (Wildman–Crippen MR) is 76.4 cm³/mol. The first-order valence-electron chi connectivity index (χ1n) is 6.85. The molecule has 0 bridgehead atoms. The minimum atomic E-state index is -2.69. The molecule has 0 aliphatic heterocycles. The van der Waals surface area contributed by atoms with Crippen molar-refractivity contribution in [2.24, 2.45) is 7.05 Å². The smallest absolute Gasteiger partial charge is 0.264 e. The van der Waals surface area contributed by atoms with E-state index in [1.807, 2.05) is 0 Å². The van der Waals surface area contributed by atoms with Gasteiger partial charge in [-0.1, -0.05) is 6.07 Å². The molecule has 0 aliphatic carbocycles. The van der Waals surface area contributed by atoms with Crippen LogP contribution in [0.1, 0.15) is 12.1 Å². The summed E-state index contributed by atoms with van der Waals surface area (Å²) in [7, 11) is 1.52. The van der Waals surface area contributed by atoms with Gasteiger partial charge in [0.1, 0.15) is 23.8 Å². The third kappa shape index (κ3) is 2.94. The molecule has 3 aromatic rings. The molecule has 0 N–H and O–H groups in total. The van der Waals surface area contributed by atoms with Crippen molar-refractivity contribution in [2.75, 3.05) is 6.67 Å². The van der Waals surface area contributed by atoms with Gasteiger partial charge >= 0.3 is 0 Å². The van der Waals surface area contributed by atoms with Crippen molar-refractivity contribution >= 4 is 0 Å². The molecule has 9 heteroatoms. The van der Waals surface area contributed by atoms with Crippen LogP contribution in [-0.2, 0) is 13.6 Å². The van der Waals surface area contributed by atoms with Crippen molar-refractivity contribution < 1.29 is 13.2 Å². The van der Waals surface area contributed by atoms with E-state index in [0.29, 0.717) is 17.2 Å². The maximum absolute atomic E-state index is 12.8. The lowest BCUT2D eigenvalue weighted by Crippen LogP contribution is -2.06. The third-order valence-corrected chi connectivity index (χ3v) is 3.21. The fraction of sp³-hybridized carbons (Fsp3) is 0.286. The Morgan fingerprint density at radius 2 is 2.04 bits per heavy atom. The summed E-state index contributed by atoms with van der Waals surface area (Å²) in [6.45, 7) is -0.693. The molecule has 0 radical (unpaired) electrons. The predicted octanol–water partition coefficient (Wildman–Crippen LogP) is 2.65. The Kier molecular flexibility index (Phi) is 4.09. The van der Waals surface area contributed by atoms with E-state index in [2.05, 4.69) is 20.2 Å². The minimum absolute atomic E-state index is 0.0373. The Balaban J connectivity index is 2.09. The van der Waals surface area contributed by atoms with Gasteiger partial charge in [0, 0.05) is 13.2 Å². The highest BCUT2D eigenvalue weighted by Crippen LogP contribution is 2.25. The third-order valence-electron chi connectivity index (χ3n) is 3.21. The van der Waals surface area contributed by atoms with Crippen LogP contribution in [-0.4, -0.2) is 36.2 Å². The lowest BCUT2D eigenvalue weighted by molar-refractivity contribution is 0.145. The number of aromatic nitrogens is 6. The van der Waals surface area contributed by atoms with Gasteiger partial charge in [-0.05, 0) is 18.2 Å². The second-order valence-electron chi connectivity index (χ2n) is 4.76. The van der Waals surface area contributed by atoms with Crippen LogP contribution < -0.4 is 0 Å². The monoisotopic (exact) mass is 322 g/mol. The van der Waals surface area contributed by atoms with Crippen LogP contribution >= 0.6 is 0 Å². The summed E-state index contributed by atoms with van der Waals surface area (Å²) in [5.41, 5.74) is 0.489. The van der Waals surface area contributed by atoms with Crippen LogP contribution in [0, 0.1) is 0 Å². The summed E-state index contributed by atoms with van der Waals surface area (Å²) in [5, 5.41) is 7.96. The second kappa shape index (κ2) is 6.19. The molecule has 0 aromatic carbocycles. The second-order valence-corrected chi connectivity index (χ2v) is 4.76. The molecule has 3 rings (SSSR count). The number of pyridine rings is 1. The number of rotatable bonds is 5. The van der Waals surface area contributed by atoms with E-state index in [-0.39, 0.29) is 18.1 Å². The molecule has 6 nitrogen and oxygen atoms in total. The first kappa shape index (κ1) is 15.2. The highest BCUT2D eigenvalue weighted by molar-refractivity contribution is 5.57. The summed E-state index contributed by atoms with van der Waals surface area (Å²) < 4.78 is 41.0. The lowest BCUT2D eigenvalue weighted by atomic mass is 10.3. The Hall–Kier alpha value is -2.71. The van der Waals surface area contributed by atoms with E-state index in [1.54, 1.807) is 24.4 Å². The molecule has 0 atom stereocenters. The van der Waals surface area contributed by atoms with Gasteiger partial charge in [-0.3, -0.25) is 9.67 Å². The zero-order valence-corrected chi connectivity index (χ0v) is 12.2. The van der Waals surface area contributed by atoms with Gasteiger partial charge in [0.05, 0.1) is 6.54 Å². The van der Waals surface area contributed by atoms with Crippen molar-refractivity contribution in [1.29, 1.82) is 0 Å². The lowest BCUT2D eigenvalue weighted by Gasteiger charge is -2.02. The number of alkyl halides is 3. The SMILES string of the molecule is Cn1nc(C(F)F)cc1-c1nc(-c2ccccn2)nn1CCF. The Morgan fingerprint density at radius 3 is 2.65 bits per heavy atom. The molecular weight excluding hydrogens is 309 g/mol. The molecule has 0 saturated carbocycles. The molecule has 23 heavy (non-hydrogen) atoms. The molecule has 0 saturated heterocycles. The maximum Gasteiger partial charge on any atom is 0.282 e. The van der Waals surface area contributed by atoms with Gasteiger partial charge in [-0.25, -0.2) is 22.8 Å². The normalized spacial score (nSPS) is 11.3. The standard InChI is InChI=1S/C14H13F3N6/c1-22-11(8-10(20-22)12(16)17)14-19-13(21-23(14)7-5-15)9-4-2-3-6-18-9/h2-4,6,8,12H,5,7H2,1H3. The van der Waals surface area contributed by atoms with Crippen LogP contribution in [0.25, 0.3) is 23.0 Å².